The van der Waals surface area contributed by atoms with Crippen LogP contribution in [0.4, 0.5) is 4.39 Å². The van der Waals surface area contributed by atoms with Crippen LogP contribution in [-0.4, -0.2) is 47.7 Å². The molecule has 1 amide bonds. The third-order valence-corrected chi connectivity index (χ3v) is 6.99. The molecule has 2 aromatic rings. The van der Waals surface area contributed by atoms with Crippen LogP contribution in [0.15, 0.2) is 54.1 Å². The van der Waals surface area contributed by atoms with Gasteiger partial charge in [0, 0.05) is 12.5 Å². The SMILES string of the molecule is CCCC[C@@H](C[C@@H](CCc1ccc(-c2ccc(F)cc2)cc1)C(=O)N1NCCC(=C=O)[C@H]1NC)C(=O)O. The average molecular weight is 510 g/mol. The second-order valence-electron chi connectivity index (χ2n) is 9.54. The lowest BCUT2D eigenvalue weighted by Gasteiger charge is -2.38. The summed E-state index contributed by atoms with van der Waals surface area (Å²) in [7, 11) is 1.67. The fourth-order valence-electron chi connectivity index (χ4n) is 4.83. The van der Waals surface area contributed by atoms with Crippen molar-refractivity contribution >= 4 is 17.8 Å². The molecule has 0 aliphatic carbocycles. The molecule has 2 aromatic carbocycles. The monoisotopic (exact) mass is 509 g/mol. The van der Waals surface area contributed by atoms with Gasteiger partial charge in [-0.2, -0.15) is 0 Å². The van der Waals surface area contributed by atoms with Gasteiger partial charge in [-0.25, -0.2) is 14.6 Å². The highest BCUT2D eigenvalue weighted by Gasteiger charge is 2.36. The predicted molar refractivity (Wildman–Crippen MR) is 140 cm³/mol. The molecule has 198 valence electrons. The molecule has 1 aliphatic rings. The predicted octanol–water partition coefficient (Wildman–Crippen LogP) is 4.36. The quantitative estimate of drug-likeness (QED) is 0.368. The van der Waals surface area contributed by atoms with E-state index in [9.17, 15) is 23.9 Å². The normalized spacial score (nSPS) is 17.2. The number of rotatable bonds is 12. The van der Waals surface area contributed by atoms with Gasteiger partial charge in [-0.3, -0.25) is 19.9 Å². The van der Waals surface area contributed by atoms with Gasteiger partial charge in [0.2, 0.25) is 5.91 Å². The van der Waals surface area contributed by atoms with Gasteiger partial charge < -0.3 is 5.11 Å². The van der Waals surface area contributed by atoms with E-state index in [1.54, 1.807) is 19.2 Å². The molecule has 3 atom stereocenters. The van der Waals surface area contributed by atoms with E-state index in [0.29, 0.717) is 37.8 Å². The number of carbonyl (C=O) groups is 2. The minimum Gasteiger partial charge on any atom is -0.481 e. The number of nitrogens with one attached hydrogen (secondary N) is 2. The number of halogens is 1. The van der Waals surface area contributed by atoms with Gasteiger partial charge in [-0.15, -0.1) is 0 Å². The molecule has 0 saturated carbocycles. The molecule has 0 aromatic heterocycles. The fraction of sp³-hybridized carbons (Fsp3) is 0.448. The first-order chi connectivity index (χ1) is 17.9. The molecule has 37 heavy (non-hydrogen) atoms. The third kappa shape index (κ3) is 7.59. The Bertz CT molecular complexity index is 1100. The zero-order valence-electron chi connectivity index (χ0n) is 21.5. The number of hydrogen-bond donors (Lipinski definition) is 3. The van der Waals surface area contributed by atoms with Crippen LogP contribution in [0.2, 0.25) is 0 Å². The van der Waals surface area contributed by atoms with Gasteiger partial charge >= 0.3 is 5.97 Å². The summed E-state index contributed by atoms with van der Waals surface area (Å²) in [5, 5.41) is 14.3. The van der Waals surface area contributed by atoms with Gasteiger partial charge in [-0.05, 0) is 68.0 Å². The average Bonchev–Trinajstić information content (AvgIpc) is 2.92. The number of hydrazine groups is 1. The van der Waals surface area contributed by atoms with Gasteiger partial charge in [0.15, 0.2) is 0 Å². The number of carboxylic acids is 1. The first-order valence-corrected chi connectivity index (χ1v) is 12.9. The standard InChI is InChI=1S/C29H36FN3O4/c1-3-4-5-24(29(36)37)18-23(28(35)33-27(31-2)25(19-34)16-17-32-33)11-8-20-6-9-21(10-7-20)22-12-14-26(30)15-13-22/h6-7,9-10,12-15,23-24,27,31-32H,3-5,8,11,16-18H2,1-2H3,(H,36,37)/t23-,24+,27+/m1/s1. The number of hydrogen-bond acceptors (Lipinski definition) is 5. The number of unbranched alkanes of at least 4 members (excludes halogenated alkanes) is 1. The number of likely N-dealkylation sites (N-methyl/N-ethyl adjacent to an activating group) is 1. The molecule has 0 spiro atoms. The van der Waals surface area contributed by atoms with E-state index in [1.165, 1.54) is 17.1 Å². The molecule has 3 N–H and O–H groups in total. The van der Waals surface area contributed by atoms with Crippen LogP contribution in [-0.2, 0) is 20.8 Å². The van der Waals surface area contributed by atoms with Crippen molar-refractivity contribution < 1.29 is 23.9 Å². The van der Waals surface area contributed by atoms with E-state index in [-0.39, 0.29) is 18.1 Å². The summed E-state index contributed by atoms with van der Waals surface area (Å²) in [5.74, 6) is -0.601. The molecule has 0 bridgehead atoms. The molecule has 0 unspecified atom stereocenters. The minimum absolute atomic E-state index is 0.225. The van der Waals surface area contributed by atoms with Crippen molar-refractivity contribution in [2.24, 2.45) is 11.8 Å². The summed E-state index contributed by atoms with van der Waals surface area (Å²) < 4.78 is 13.2. The zero-order chi connectivity index (χ0) is 26.8. The van der Waals surface area contributed by atoms with E-state index in [1.807, 2.05) is 37.1 Å². The Morgan fingerprint density at radius 2 is 1.76 bits per heavy atom. The Balaban J connectivity index is 1.78. The van der Waals surface area contributed by atoms with E-state index in [4.69, 9.17) is 0 Å². The van der Waals surface area contributed by atoms with Crippen molar-refractivity contribution in [3.63, 3.8) is 0 Å². The Hall–Kier alpha value is -3.32. The van der Waals surface area contributed by atoms with Crippen LogP contribution in [0.1, 0.15) is 51.0 Å². The molecule has 1 aliphatic heterocycles. The maximum absolute atomic E-state index is 13.7. The van der Waals surface area contributed by atoms with Crippen molar-refractivity contribution in [2.45, 2.75) is 58.0 Å². The number of carboxylic acid groups (broad SMARTS) is 1. The van der Waals surface area contributed by atoms with Crippen LogP contribution in [0, 0.1) is 17.7 Å². The molecule has 0 radical (unpaired) electrons. The molecular formula is C29H36FN3O4. The number of carbonyl (C=O) groups excluding carboxylic acids is 2. The Labute approximate surface area is 217 Å². The highest BCUT2D eigenvalue weighted by atomic mass is 19.1. The summed E-state index contributed by atoms with van der Waals surface area (Å²) in [6.07, 6.45) is 3.34. The van der Waals surface area contributed by atoms with E-state index < -0.39 is 24.0 Å². The summed E-state index contributed by atoms with van der Waals surface area (Å²) in [6.45, 7) is 2.45. The van der Waals surface area contributed by atoms with Crippen LogP contribution in [0.5, 0.6) is 0 Å². The smallest absolute Gasteiger partial charge is 0.306 e. The Morgan fingerprint density at radius 1 is 1.11 bits per heavy atom. The molecular weight excluding hydrogens is 473 g/mol. The summed E-state index contributed by atoms with van der Waals surface area (Å²) >= 11 is 0. The lowest BCUT2D eigenvalue weighted by atomic mass is 9.86. The Morgan fingerprint density at radius 3 is 2.32 bits per heavy atom. The lowest BCUT2D eigenvalue weighted by Crippen LogP contribution is -2.60. The molecule has 7 nitrogen and oxygen atoms in total. The fourth-order valence-corrected chi connectivity index (χ4v) is 4.83. The Kier molecular flexibility index (Phi) is 10.6. The number of amides is 1. The number of aryl methyl sites for hydroxylation is 1. The minimum atomic E-state index is -0.889. The van der Waals surface area contributed by atoms with Crippen LogP contribution in [0.25, 0.3) is 11.1 Å². The van der Waals surface area contributed by atoms with Crippen molar-refractivity contribution in [3.05, 3.63) is 65.5 Å². The van der Waals surface area contributed by atoms with E-state index >= 15 is 0 Å². The van der Waals surface area contributed by atoms with Crippen LogP contribution >= 0.6 is 0 Å². The maximum Gasteiger partial charge on any atom is 0.306 e. The van der Waals surface area contributed by atoms with Gasteiger partial charge in [0.1, 0.15) is 17.9 Å². The highest BCUT2D eigenvalue weighted by molar-refractivity contribution is 5.81. The molecule has 3 rings (SSSR count). The molecule has 8 heteroatoms. The van der Waals surface area contributed by atoms with Gasteiger partial charge in [-0.1, -0.05) is 56.2 Å². The highest BCUT2D eigenvalue weighted by Crippen LogP contribution is 2.27. The summed E-state index contributed by atoms with van der Waals surface area (Å²) in [4.78, 5) is 37.1. The second kappa shape index (κ2) is 13.8. The van der Waals surface area contributed by atoms with Crippen LogP contribution < -0.4 is 10.7 Å². The van der Waals surface area contributed by atoms with E-state index in [0.717, 1.165) is 29.5 Å². The third-order valence-electron chi connectivity index (χ3n) is 6.99. The zero-order valence-corrected chi connectivity index (χ0v) is 21.5. The first-order valence-electron chi connectivity index (χ1n) is 12.9. The van der Waals surface area contributed by atoms with E-state index in [2.05, 4.69) is 10.7 Å². The molecule has 1 saturated heterocycles. The van der Waals surface area contributed by atoms with Crippen molar-refractivity contribution in [1.82, 2.24) is 15.8 Å². The second-order valence-corrected chi connectivity index (χ2v) is 9.54. The summed E-state index contributed by atoms with van der Waals surface area (Å²) in [6, 6.07) is 14.2. The largest absolute Gasteiger partial charge is 0.481 e. The molecule has 1 fully saturated rings. The maximum atomic E-state index is 13.7. The first kappa shape index (κ1) is 28.3. The molecule has 1 heterocycles. The number of benzene rings is 2. The van der Waals surface area contributed by atoms with Crippen molar-refractivity contribution in [1.29, 1.82) is 0 Å². The van der Waals surface area contributed by atoms with Crippen molar-refractivity contribution in [2.75, 3.05) is 13.6 Å². The van der Waals surface area contributed by atoms with Crippen molar-refractivity contribution in [3.8, 4) is 11.1 Å². The lowest BCUT2D eigenvalue weighted by molar-refractivity contribution is -0.146. The summed E-state index contributed by atoms with van der Waals surface area (Å²) in [5.41, 5.74) is 6.45. The van der Waals surface area contributed by atoms with Crippen LogP contribution in [0.3, 0.4) is 0 Å². The number of aliphatic carboxylic acids is 1. The topological polar surface area (TPSA) is 98.7 Å². The number of nitrogens with zero attached hydrogens (tertiary/aromatic N) is 1. The van der Waals surface area contributed by atoms with Gasteiger partial charge in [0.25, 0.3) is 0 Å². The van der Waals surface area contributed by atoms with Gasteiger partial charge in [0.05, 0.1) is 11.5 Å².